The molecule has 31 heavy (non-hydrogen) atoms. The van der Waals surface area contributed by atoms with Crippen molar-refractivity contribution >= 4 is 33.1 Å². The number of hydrogen-bond donors (Lipinski definition) is 0. The van der Waals surface area contributed by atoms with Crippen LogP contribution in [0.2, 0.25) is 0 Å². The highest BCUT2D eigenvalue weighted by molar-refractivity contribution is 7.93. The van der Waals surface area contributed by atoms with Crippen LogP contribution >= 0.6 is 11.3 Å². The van der Waals surface area contributed by atoms with Gasteiger partial charge in [0.1, 0.15) is 17.4 Å². The highest BCUT2D eigenvalue weighted by Gasteiger charge is 2.31. The first-order valence-electron chi connectivity index (χ1n) is 9.62. The molecule has 0 aliphatic heterocycles. The maximum Gasteiger partial charge on any atom is 0.266 e. The Morgan fingerprint density at radius 1 is 1.16 bits per heavy atom. The molecule has 0 bridgehead atoms. The molecule has 0 saturated heterocycles. The Kier molecular flexibility index (Phi) is 7.24. The summed E-state index contributed by atoms with van der Waals surface area (Å²) in [7, 11) is -2.61. The van der Waals surface area contributed by atoms with Crippen LogP contribution in [-0.2, 0) is 21.4 Å². The van der Waals surface area contributed by atoms with E-state index in [-0.39, 0.29) is 22.5 Å². The van der Waals surface area contributed by atoms with Crippen molar-refractivity contribution in [1.82, 2.24) is 14.9 Å². The van der Waals surface area contributed by atoms with Gasteiger partial charge in [-0.3, -0.25) is 4.79 Å². The molecule has 2 aromatic heterocycles. The number of anilines is 1. The summed E-state index contributed by atoms with van der Waals surface area (Å²) >= 11 is 1.44. The molecule has 0 atom stereocenters. The van der Waals surface area contributed by atoms with Crippen molar-refractivity contribution in [2.75, 3.05) is 24.5 Å². The van der Waals surface area contributed by atoms with Crippen molar-refractivity contribution in [3.05, 3.63) is 64.6 Å². The Morgan fingerprint density at radius 2 is 1.94 bits per heavy atom. The Labute approximate surface area is 186 Å². The Balaban J connectivity index is 1.99. The van der Waals surface area contributed by atoms with Gasteiger partial charge in [0.25, 0.3) is 10.0 Å². The zero-order valence-corrected chi connectivity index (χ0v) is 19.2. The van der Waals surface area contributed by atoms with Crippen molar-refractivity contribution in [2.24, 2.45) is 0 Å². The van der Waals surface area contributed by atoms with E-state index >= 15 is 0 Å². The molecule has 10 heteroatoms. The average molecular weight is 461 g/mol. The van der Waals surface area contributed by atoms with E-state index in [1.807, 2.05) is 12.3 Å². The molecule has 0 saturated carbocycles. The number of aryl methyl sites for hydroxylation is 1. The molecular formula is C21H24N4O4S2. The van der Waals surface area contributed by atoms with Crippen LogP contribution in [0.3, 0.4) is 0 Å². The minimum Gasteiger partial charge on any atom is -0.481 e. The molecule has 0 unspecified atom stereocenters. The molecule has 1 amide bonds. The molecule has 8 nitrogen and oxygen atoms in total. The fraction of sp³-hybridized carbons (Fsp3) is 0.286. The second-order valence-corrected chi connectivity index (χ2v) is 9.46. The summed E-state index contributed by atoms with van der Waals surface area (Å²) in [6, 6.07) is 11.5. The number of rotatable bonds is 9. The van der Waals surface area contributed by atoms with E-state index < -0.39 is 16.6 Å². The molecule has 0 N–H and O–H groups in total. The number of aromatic nitrogens is 2. The lowest BCUT2D eigenvalue weighted by Gasteiger charge is -2.27. The van der Waals surface area contributed by atoms with Crippen LogP contribution in [0, 0.1) is 6.92 Å². The first kappa shape index (κ1) is 22.7. The molecular weight excluding hydrogens is 436 g/mol. The molecule has 0 radical (unpaired) electrons. The Morgan fingerprint density at radius 3 is 2.58 bits per heavy atom. The van der Waals surface area contributed by atoms with Crippen LogP contribution in [0.15, 0.2) is 58.9 Å². The highest BCUT2D eigenvalue weighted by Crippen LogP contribution is 2.26. The van der Waals surface area contributed by atoms with Gasteiger partial charge in [-0.05, 0) is 31.5 Å². The summed E-state index contributed by atoms with van der Waals surface area (Å²) in [5.41, 5.74) is 0.581. The lowest BCUT2D eigenvalue weighted by atomic mass is 10.2. The topological polar surface area (TPSA) is 92.7 Å². The van der Waals surface area contributed by atoms with E-state index in [0.29, 0.717) is 18.7 Å². The molecule has 0 spiro atoms. The summed E-state index contributed by atoms with van der Waals surface area (Å²) in [6.07, 6.45) is 1.67. The number of benzene rings is 1. The van der Waals surface area contributed by atoms with Crippen molar-refractivity contribution in [3.63, 3.8) is 0 Å². The number of methoxy groups -OCH3 is 1. The number of carbonyl (C=O) groups is 1. The first-order valence-corrected chi connectivity index (χ1v) is 11.9. The number of sulfonamides is 1. The van der Waals surface area contributed by atoms with Gasteiger partial charge >= 0.3 is 0 Å². The third-order valence-electron chi connectivity index (χ3n) is 4.66. The van der Waals surface area contributed by atoms with Gasteiger partial charge < -0.3 is 9.64 Å². The number of amides is 1. The van der Waals surface area contributed by atoms with Gasteiger partial charge in [0, 0.05) is 24.2 Å². The maximum atomic E-state index is 13.6. The van der Waals surface area contributed by atoms with E-state index in [9.17, 15) is 13.2 Å². The number of nitrogens with zero attached hydrogens (tertiary/aromatic N) is 4. The number of hydrogen-bond acceptors (Lipinski definition) is 7. The highest BCUT2D eigenvalue weighted by atomic mass is 32.2. The number of thiazole rings is 1. The lowest BCUT2D eigenvalue weighted by molar-refractivity contribution is -0.129. The van der Waals surface area contributed by atoms with Crippen LogP contribution in [0.1, 0.15) is 17.5 Å². The first-order chi connectivity index (χ1) is 14.9. The smallest absolute Gasteiger partial charge is 0.266 e. The van der Waals surface area contributed by atoms with Crippen LogP contribution in [0.5, 0.6) is 5.88 Å². The Bertz CT molecular complexity index is 1130. The number of carbonyl (C=O) groups excluding carboxylic acids is 1. The normalized spacial score (nSPS) is 11.2. The van der Waals surface area contributed by atoms with Crippen molar-refractivity contribution in [1.29, 1.82) is 0 Å². The average Bonchev–Trinajstić information content (AvgIpc) is 3.29. The van der Waals surface area contributed by atoms with E-state index in [4.69, 9.17) is 4.74 Å². The molecule has 3 aromatic rings. The standard InChI is InChI=1S/C21H24N4O4S2/c1-4-24(14-20-22-12-13-30-20)21(26)15-25(18-10-7-11-19(23-18)29-3)31(27,28)17-9-6-5-8-16(17)2/h5-13H,4,14-15H2,1-3H3. The van der Waals surface area contributed by atoms with Gasteiger partial charge in [-0.15, -0.1) is 11.3 Å². The molecule has 2 heterocycles. The quantitative estimate of drug-likeness (QED) is 0.487. The third kappa shape index (κ3) is 5.20. The van der Waals surface area contributed by atoms with Gasteiger partial charge in [0.15, 0.2) is 0 Å². The van der Waals surface area contributed by atoms with Gasteiger partial charge in [-0.2, -0.15) is 4.98 Å². The van der Waals surface area contributed by atoms with E-state index in [0.717, 1.165) is 9.31 Å². The third-order valence-corrected chi connectivity index (χ3v) is 7.33. The van der Waals surface area contributed by atoms with E-state index in [1.165, 1.54) is 24.5 Å². The summed E-state index contributed by atoms with van der Waals surface area (Å²) in [5.74, 6) is 0.0193. The molecule has 0 aliphatic rings. The number of pyridine rings is 1. The van der Waals surface area contributed by atoms with Crippen LogP contribution in [0.25, 0.3) is 0 Å². The number of likely N-dealkylation sites (N-methyl/N-ethyl adjacent to an activating group) is 1. The summed E-state index contributed by atoms with van der Waals surface area (Å²) < 4.78 is 33.3. The van der Waals surface area contributed by atoms with Crippen LogP contribution in [0.4, 0.5) is 5.82 Å². The predicted octanol–water partition coefficient (Wildman–Crippen LogP) is 3.10. The molecule has 1 aromatic carbocycles. The fourth-order valence-electron chi connectivity index (χ4n) is 3.00. The van der Waals surface area contributed by atoms with Gasteiger partial charge in [0.2, 0.25) is 11.8 Å². The Hall–Kier alpha value is -2.98. The molecule has 3 rings (SSSR count). The zero-order valence-electron chi connectivity index (χ0n) is 17.6. The monoisotopic (exact) mass is 460 g/mol. The van der Waals surface area contributed by atoms with Crippen molar-refractivity contribution in [3.8, 4) is 5.88 Å². The molecule has 0 aliphatic carbocycles. The van der Waals surface area contributed by atoms with Gasteiger partial charge in [-0.1, -0.05) is 24.3 Å². The minimum absolute atomic E-state index is 0.112. The molecule has 0 fully saturated rings. The summed E-state index contributed by atoms with van der Waals surface area (Å²) in [6.45, 7) is 3.90. The summed E-state index contributed by atoms with van der Waals surface area (Å²) in [5, 5.41) is 2.62. The SMILES string of the molecule is CCN(Cc1nccs1)C(=O)CN(c1cccc(OC)n1)S(=O)(=O)c1ccccc1C. The lowest BCUT2D eigenvalue weighted by Crippen LogP contribution is -2.43. The van der Waals surface area contributed by atoms with Crippen LogP contribution in [-0.4, -0.2) is 49.4 Å². The fourth-order valence-corrected chi connectivity index (χ4v) is 5.23. The second kappa shape index (κ2) is 9.88. The number of ether oxygens (including phenoxy) is 1. The van der Waals surface area contributed by atoms with Gasteiger partial charge in [0.05, 0.1) is 18.6 Å². The van der Waals surface area contributed by atoms with Crippen molar-refractivity contribution in [2.45, 2.75) is 25.3 Å². The largest absolute Gasteiger partial charge is 0.481 e. The van der Waals surface area contributed by atoms with E-state index in [1.54, 1.807) is 54.4 Å². The van der Waals surface area contributed by atoms with Crippen LogP contribution < -0.4 is 9.04 Å². The predicted molar refractivity (Wildman–Crippen MR) is 120 cm³/mol. The zero-order chi connectivity index (χ0) is 22.4. The molecule has 164 valence electrons. The summed E-state index contributed by atoms with van der Waals surface area (Å²) in [4.78, 5) is 23.3. The van der Waals surface area contributed by atoms with Crippen molar-refractivity contribution < 1.29 is 17.9 Å². The minimum atomic E-state index is -4.05. The second-order valence-electron chi connectivity index (χ2n) is 6.65. The van der Waals surface area contributed by atoms with Gasteiger partial charge in [-0.25, -0.2) is 17.7 Å². The maximum absolute atomic E-state index is 13.6. The van der Waals surface area contributed by atoms with E-state index in [2.05, 4.69) is 9.97 Å².